The number of carbonyl (C=O) groups is 1. The molecule has 4 nitrogen and oxygen atoms in total. The Kier molecular flexibility index (Phi) is 6.71. The average molecular weight is 418 g/mol. The summed E-state index contributed by atoms with van der Waals surface area (Å²) in [6.45, 7) is 2.36. The summed E-state index contributed by atoms with van der Waals surface area (Å²) in [5.41, 5.74) is 4.52. The summed E-state index contributed by atoms with van der Waals surface area (Å²) in [6, 6.07) is 21.9. The zero-order valence-electron chi connectivity index (χ0n) is 17.0. The Morgan fingerprint density at radius 3 is 2.27 bits per heavy atom. The molecule has 0 aliphatic rings. The Balaban J connectivity index is 1.60. The van der Waals surface area contributed by atoms with Gasteiger partial charge in [0.2, 0.25) is 0 Å². The van der Waals surface area contributed by atoms with Crippen LogP contribution in [0.15, 0.2) is 77.7 Å². The van der Waals surface area contributed by atoms with Gasteiger partial charge in [-0.25, -0.2) is 8.42 Å². The SMILES string of the molecule is Cc1ccc(CC#Cc2cccc(C(=O)NCc3ccc(S(C)(=O)=O)cc3)c2)cc1. The first-order valence-corrected chi connectivity index (χ1v) is 11.4. The van der Waals surface area contributed by atoms with Crippen molar-refractivity contribution in [3.05, 3.63) is 101 Å². The van der Waals surface area contributed by atoms with Gasteiger partial charge in [0.25, 0.3) is 5.91 Å². The molecule has 0 bridgehead atoms. The van der Waals surface area contributed by atoms with E-state index < -0.39 is 9.84 Å². The Morgan fingerprint density at radius 2 is 1.60 bits per heavy atom. The van der Waals surface area contributed by atoms with Gasteiger partial charge in [-0.3, -0.25) is 4.79 Å². The lowest BCUT2D eigenvalue weighted by atomic mass is 10.1. The highest BCUT2D eigenvalue weighted by Crippen LogP contribution is 2.11. The fourth-order valence-electron chi connectivity index (χ4n) is 2.83. The third kappa shape index (κ3) is 6.07. The van der Waals surface area contributed by atoms with Gasteiger partial charge in [-0.05, 0) is 48.4 Å². The van der Waals surface area contributed by atoms with Crippen molar-refractivity contribution in [2.75, 3.05) is 6.26 Å². The predicted molar refractivity (Wildman–Crippen MR) is 119 cm³/mol. The van der Waals surface area contributed by atoms with Gasteiger partial charge in [0.1, 0.15) is 0 Å². The molecular weight excluding hydrogens is 394 g/mol. The van der Waals surface area contributed by atoms with E-state index in [4.69, 9.17) is 0 Å². The van der Waals surface area contributed by atoms with E-state index in [-0.39, 0.29) is 10.8 Å². The quantitative estimate of drug-likeness (QED) is 0.640. The Bertz CT molecular complexity index is 1200. The van der Waals surface area contributed by atoms with Crippen LogP contribution in [0.1, 0.15) is 32.6 Å². The highest BCUT2D eigenvalue weighted by atomic mass is 32.2. The van der Waals surface area contributed by atoms with Gasteiger partial charge in [0.05, 0.1) is 4.90 Å². The van der Waals surface area contributed by atoms with Gasteiger partial charge in [-0.1, -0.05) is 59.9 Å². The van der Waals surface area contributed by atoms with Crippen LogP contribution in [-0.4, -0.2) is 20.6 Å². The molecule has 0 unspecified atom stereocenters. The first-order chi connectivity index (χ1) is 14.3. The fourth-order valence-corrected chi connectivity index (χ4v) is 3.46. The molecule has 3 aromatic carbocycles. The standard InChI is InChI=1S/C25H23NO3S/c1-19-9-11-20(12-10-19)5-3-6-21-7-4-8-23(17-21)25(27)26-18-22-13-15-24(16-14-22)30(2,28)29/h4,7-17H,5,18H2,1-2H3,(H,26,27). The highest BCUT2D eigenvalue weighted by molar-refractivity contribution is 7.90. The second-order valence-corrected chi connectivity index (χ2v) is 9.16. The molecule has 0 spiro atoms. The summed E-state index contributed by atoms with van der Waals surface area (Å²) in [7, 11) is -3.23. The minimum atomic E-state index is -3.23. The van der Waals surface area contributed by atoms with Crippen LogP contribution in [0.25, 0.3) is 0 Å². The number of benzene rings is 3. The number of nitrogens with one attached hydrogen (secondary N) is 1. The maximum Gasteiger partial charge on any atom is 0.251 e. The van der Waals surface area contributed by atoms with Crippen LogP contribution in [0.5, 0.6) is 0 Å². The van der Waals surface area contributed by atoms with Crippen LogP contribution in [0.4, 0.5) is 0 Å². The van der Waals surface area contributed by atoms with Crippen LogP contribution in [0, 0.1) is 18.8 Å². The maximum atomic E-state index is 12.5. The first kappa shape index (κ1) is 21.4. The lowest BCUT2D eigenvalue weighted by molar-refractivity contribution is 0.0951. The van der Waals surface area contributed by atoms with Gasteiger partial charge in [-0.15, -0.1) is 0 Å². The van der Waals surface area contributed by atoms with Crippen molar-refractivity contribution >= 4 is 15.7 Å². The van der Waals surface area contributed by atoms with E-state index in [0.29, 0.717) is 18.5 Å². The zero-order valence-corrected chi connectivity index (χ0v) is 17.8. The van der Waals surface area contributed by atoms with Crippen molar-refractivity contribution < 1.29 is 13.2 Å². The summed E-state index contributed by atoms with van der Waals surface area (Å²) in [4.78, 5) is 12.7. The van der Waals surface area contributed by atoms with Gasteiger partial charge in [0.15, 0.2) is 9.84 Å². The number of rotatable bonds is 5. The van der Waals surface area contributed by atoms with Crippen LogP contribution >= 0.6 is 0 Å². The van der Waals surface area contributed by atoms with Crippen LogP contribution in [-0.2, 0) is 22.8 Å². The van der Waals surface area contributed by atoms with Crippen molar-refractivity contribution in [3.63, 3.8) is 0 Å². The second kappa shape index (κ2) is 9.43. The largest absolute Gasteiger partial charge is 0.348 e. The van der Waals surface area contributed by atoms with Gasteiger partial charge >= 0.3 is 0 Å². The van der Waals surface area contributed by atoms with E-state index in [2.05, 4.69) is 48.3 Å². The van der Waals surface area contributed by atoms with Gasteiger partial charge in [0, 0.05) is 30.3 Å². The summed E-state index contributed by atoms with van der Waals surface area (Å²) in [5.74, 6) is 6.05. The van der Waals surface area contributed by atoms with E-state index in [9.17, 15) is 13.2 Å². The van der Waals surface area contributed by atoms with Crippen LogP contribution in [0.2, 0.25) is 0 Å². The molecule has 5 heteroatoms. The molecule has 0 saturated carbocycles. The number of sulfone groups is 1. The molecule has 0 fully saturated rings. The average Bonchev–Trinajstić information content (AvgIpc) is 2.73. The molecule has 0 heterocycles. The van der Waals surface area contributed by atoms with E-state index >= 15 is 0 Å². The molecule has 1 N–H and O–H groups in total. The molecule has 3 aromatic rings. The summed E-state index contributed by atoms with van der Waals surface area (Å²) in [6.07, 6.45) is 1.82. The number of aryl methyl sites for hydroxylation is 1. The molecule has 0 aliphatic carbocycles. The minimum absolute atomic E-state index is 0.204. The molecule has 0 atom stereocenters. The van der Waals surface area contributed by atoms with E-state index in [1.54, 1.807) is 36.4 Å². The molecule has 3 rings (SSSR count). The molecule has 0 saturated heterocycles. The number of hydrogen-bond donors (Lipinski definition) is 1. The van der Waals surface area contributed by atoms with Crippen molar-refractivity contribution in [1.29, 1.82) is 0 Å². The van der Waals surface area contributed by atoms with E-state index in [1.807, 2.05) is 12.1 Å². The van der Waals surface area contributed by atoms with Crippen molar-refractivity contribution in [3.8, 4) is 11.8 Å². The van der Waals surface area contributed by atoms with E-state index in [1.165, 1.54) is 11.8 Å². The predicted octanol–water partition coefficient (Wildman–Crippen LogP) is 3.92. The molecule has 0 aliphatic heterocycles. The van der Waals surface area contributed by atoms with Crippen LogP contribution < -0.4 is 5.32 Å². The Labute approximate surface area is 177 Å². The Morgan fingerprint density at radius 1 is 0.933 bits per heavy atom. The summed E-state index contributed by atoms with van der Waals surface area (Å²) < 4.78 is 23.0. The van der Waals surface area contributed by atoms with Crippen molar-refractivity contribution in [1.82, 2.24) is 5.32 Å². The molecule has 0 aromatic heterocycles. The third-order valence-electron chi connectivity index (χ3n) is 4.58. The normalized spacial score (nSPS) is 10.7. The van der Waals surface area contributed by atoms with Crippen molar-refractivity contribution in [2.45, 2.75) is 24.8 Å². The maximum absolute atomic E-state index is 12.5. The van der Waals surface area contributed by atoms with Crippen LogP contribution in [0.3, 0.4) is 0 Å². The van der Waals surface area contributed by atoms with Gasteiger partial charge in [-0.2, -0.15) is 0 Å². The van der Waals surface area contributed by atoms with Gasteiger partial charge < -0.3 is 5.32 Å². The fraction of sp³-hybridized carbons (Fsp3) is 0.160. The second-order valence-electron chi connectivity index (χ2n) is 7.14. The summed E-state index contributed by atoms with van der Waals surface area (Å²) in [5, 5.41) is 2.85. The van der Waals surface area contributed by atoms with Crippen molar-refractivity contribution in [2.24, 2.45) is 0 Å². The first-order valence-electron chi connectivity index (χ1n) is 9.53. The topological polar surface area (TPSA) is 63.2 Å². The summed E-state index contributed by atoms with van der Waals surface area (Å²) >= 11 is 0. The lowest BCUT2D eigenvalue weighted by Crippen LogP contribution is -2.22. The minimum Gasteiger partial charge on any atom is -0.348 e. The number of amides is 1. The number of hydrogen-bond acceptors (Lipinski definition) is 3. The smallest absolute Gasteiger partial charge is 0.251 e. The number of carbonyl (C=O) groups excluding carboxylic acids is 1. The molecule has 30 heavy (non-hydrogen) atoms. The van der Waals surface area contributed by atoms with E-state index in [0.717, 1.165) is 16.7 Å². The lowest BCUT2D eigenvalue weighted by Gasteiger charge is -2.07. The molecular formula is C25H23NO3S. The molecule has 1 amide bonds. The third-order valence-corrected chi connectivity index (χ3v) is 5.70. The molecule has 152 valence electrons. The highest BCUT2D eigenvalue weighted by Gasteiger charge is 2.08. The zero-order chi connectivity index (χ0) is 21.6. The Hall–Kier alpha value is -3.36. The monoisotopic (exact) mass is 417 g/mol. The molecule has 0 radical (unpaired) electrons.